The summed E-state index contributed by atoms with van der Waals surface area (Å²) in [4.78, 5) is 4.04. The third kappa shape index (κ3) is 3.59. The topological polar surface area (TPSA) is 73.1 Å². The molecule has 0 radical (unpaired) electrons. The normalized spacial score (nSPS) is 12.1. The number of rotatable bonds is 5. The smallest absolute Gasteiger partial charge is 0.233 e. The number of hydrogen-bond acceptors (Lipinski definition) is 6. The molecule has 3 N–H and O–H groups in total. The molecule has 1 atom stereocenters. The Labute approximate surface area is 110 Å². The largest absolute Gasteiger partial charge is 0.491 e. The lowest BCUT2D eigenvalue weighted by molar-refractivity contribution is 0.304. The van der Waals surface area contributed by atoms with Crippen molar-refractivity contribution in [1.29, 1.82) is 0 Å². The summed E-state index contributed by atoms with van der Waals surface area (Å²) in [6.07, 6.45) is 0. The molecule has 2 rings (SSSR count). The van der Waals surface area contributed by atoms with Gasteiger partial charge in [0, 0.05) is 11.5 Å². The van der Waals surface area contributed by atoms with E-state index < -0.39 is 0 Å². The molecule has 96 valence electrons. The summed E-state index contributed by atoms with van der Waals surface area (Å²) in [5.41, 5.74) is 6.67. The highest BCUT2D eigenvalue weighted by molar-refractivity contribution is 7.09. The lowest BCUT2D eigenvalue weighted by Crippen LogP contribution is -2.23. The SMILES string of the molecule is Cc1ccc(OCC(C)Nc2nc(N)ns2)cc1. The first-order valence-corrected chi connectivity index (χ1v) is 6.46. The molecule has 0 aliphatic rings. The monoisotopic (exact) mass is 264 g/mol. The molecule has 1 aromatic carbocycles. The quantitative estimate of drug-likeness (QED) is 0.867. The van der Waals surface area contributed by atoms with Crippen LogP contribution < -0.4 is 15.8 Å². The van der Waals surface area contributed by atoms with Crippen LogP contribution in [0.2, 0.25) is 0 Å². The van der Waals surface area contributed by atoms with Crippen molar-refractivity contribution in [2.24, 2.45) is 0 Å². The van der Waals surface area contributed by atoms with E-state index in [-0.39, 0.29) is 6.04 Å². The Bertz CT molecular complexity index is 497. The van der Waals surface area contributed by atoms with Gasteiger partial charge in [0.25, 0.3) is 0 Å². The van der Waals surface area contributed by atoms with Crippen LogP contribution in [0.25, 0.3) is 0 Å². The second-order valence-corrected chi connectivity index (χ2v) is 4.88. The summed E-state index contributed by atoms with van der Waals surface area (Å²) >= 11 is 1.25. The molecule has 5 nitrogen and oxygen atoms in total. The van der Waals surface area contributed by atoms with Gasteiger partial charge in [0.2, 0.25) is 11.1 Å². The molecular formula is C12H16N4OS. The van der Waals surface area contributed by atoms with Crippen LogP contribution in [0.1, 0.15) is 12.5 Å². The maximum absolute atomic E-state index is 5.66. The molecule has 0 fully saturated rings. The van der Waals surface area contributed by atoms with Crippen molar-refractivity contribution < 1.29 is 4.74 Å². The maximum atomic E-state index is 5.66. The van der Waals surface area contributed by atoms with Gasteiger partial charge in [-0.2, -0.15) is 9.36 Å². The zero-order valence-electron chi connectivity index (χ0n) is 10.4. The van der Waals surface area contributed by atoms with Crippen LogP contribution in [0.15, 0.2) is 24.3 Å². The van der Waals surface area contributed by atoms with Crippen molar-refractivity contribution in [2.75, 3.05) is 17.7 Å². The van der Waals surface area contributed by atoms with E-state index in [0.29, 0.717) is 17.7 Å². The standard InChI is InChI=1S/C12H16N4OS/c1-8-3-5-10(6-4-8)17-7-9(2)14-12-15-11(13)16-18-12/h3-6,9H,7H2,1-2H3,(H3,13,14,15,16). The van der Waals surface area contributed by atoms with Crippen molar-refractivity contribution in [3.63, 3.8) is 0 Å². The van der Waals surface area contributed by atoms with Crippen molar-refractivity contribution >= 4 is 22.6 Å². The molecule has 18 heavy (non-hydrogen) atoms. The van der Waals surface area contributed by atoms with E-state index in [1.54, 1.807) is 0 Å². The van der Waals surface area contributed by atoms with Gasteiger partial charge < -0.3 is 15.8 Å². The molecule has 1 aromatic heterocycles. The molecule has 0 saturated heterocycles. The van der Waals surface area contributed by atoms with Gasteiger partial charge in [-0.25, -0.2) is 0 Å². The lowest BCUT2D eigenvalue weighted by atomic mass is 10.2. The zero-order chi connectivity index (χ0) is 13.0. The fraction of sp³-hybridized carbons (Fsp3) is 0.333. The maximum Gasteiger partial charge on any atom is 0.233 e. The van der Waals surface area contributed by atoms with Crippen LogP contribution in [0.4, 0.5) is 11.1 Å². The highest BCUT2D eigenvalue weighted by Gasteiger charge is 2.06. The number of nitrogen functional groups attached to an aromatic ring is 1. The average molecular weight is 264 g/mol. The molecule has 6 heteroatoms. The Morgan fingerprint density at radius 3 is 2.72 bits per heavy atom. The van der Waals surface area contributed by atoms with Gasteiger partial charge in [-0.3, -0.25) is 0 Å². The first-order chi connectivity index (χ1) is 8.63. The molecule has 0 aliphatic heterocycles. The Morgan fingerprint density at radius 1 is 1.39 bits per heavy atom. The van der Waals surface area contributed by atoms with Crippen LogP contribution in [-0.2, 0) is 0 Å². The van der Waals surface area contributed by atoms with Gasteiger partial charge >= 0.3 is 0 Å². The Hall–Kier alpha value is -1.82. The molecule has 0 saturated carbocycles. The number of benzene rings is 1. The van der Waals surface area contributed by atoms with Crippen LogP contribution in [0, 0.1) is 6.92 Å². The lowest BCUT2D eigenvalue weighted by Gasteiger charge is -2.13. The first-order valence-electron chi connectivity index (χ1n) is 5.68. The van der Waals surface area contributed by atoms with Crippen molar-refractivity contribution in [3.05, 3.63) is 29.8 Å². The predicted octanol–water partition coefficient (Wildman–Crippen LogP) is 2.31. The highest BCUT2D eigenvalue weighted by atomic mass is 32.1. The van der Waals surface area contributed by atoms with E-state index in [4.69, 9.17) is 10.5 Å². The van der Waals surface area contributed by atoms with Gasteiger partial charge in [-0.1, -0.05) is 17.7 Å². The van der Waals surface area contributed by atoms with Crippen LogP contribution in [0.5, 0.6) is 5.75 Å². The number of nitrogens with two attached hydrogens (primary N) is 1. The number of aromatic nitrogens is 2. The number of hydrogen-bond donors (Lipinski definition) is 2. The van der Waals surface area contributed by atoms with E-state index in [9.17, 15) is 0 Å². The molecule has 2 aromatic rings. The van der Waals surface area contributed by atoms with E-state index in [2.05, 4.69) is 14.7 Å². The number of ether oxygens (including phenoxy) is 1. The minimum Gasteiger partial charge on any atom is -0.491 e. The molecule has 0 aliphatic carbocycles. The number of aryl methyl sites for hydroxylation is 1. The summed E-state index contributed by atoms with van der Waals surface area (Å²) in [6, 6.07) is 8.12. The Balaban J connectivity index is 1.81. The molecule has 1 heterocycles. The third-order valence-corrected chi connectivity index (χ3v) is 2.99. The summed E-state index contributed by atoms with van der Waals surface area (Å²) < 4.78 is 9.57. The van der Waals surface area contributed by atoms with Crippen LogP contribution in [-0.4, -0.2) is 22.0 Å². The number of nitrogens with zero attached hydrogens (tertiary/aromatic N) is 2. The van der Waals surface area contributed by atoms with Gasteiger partial charge in [-0.15, -0.1) is 0 Å². The summed E-state index contributed by atoms with van der Waals surface area (Å²) in [5.74, 6) is 1.17. The second-order valence-electron chi connectivity index (χ2n) is 4.13. The van der Waals surface area contributed by atoms with E-state index in [0.717, 1.165) is 5.75 Å². The van der Waals surface area contributed by atoms with Crippen molar-refractivity contribution in [2.45, 2.75) is 19.9 Å². The van der Waals surface area contributed by atoms with Gasteiger partial charge in [-0.05, 0) is 26.0 Å². The summed E-state index contributed by atoms with van der Waals surface area (Å²) in [7, 11) is 0. The fourth-order valence-corrected chi connectivity index (χ4v) is 2.01. The molecular weight excluding hydrogens is 248 g/mol. The highest BCUT2D eigenvalue weighted by Crippen LogP contribution is 2.15. The molecule has 0 spiro atoms. The zero-order valence-corrected chi connectivity index (χ0v) is 11.2. The van der Waals surface area contributed by atoms with Gasteiger partial charge in [0.05, 0.1) is 6.04 Å². The molecule has 0 amide bonds. The Morgan fingerprint density at radius 2 is 2.11 bits per heavy atom. The number of anilines is 2. The van der Waals surface area contributed by atoms with Crippen LogP contribution >= 0.6 is 11.5 Å². The summed E-state index contributed by atoms with van der Waals surface area (Å²) in [6.45, 7) is 4.63. The van der Waals surface area contributed by atoms with E-state index in [1.807, 2.05) is 38.1 Å². The van der Waals surface area contributed by atoms with Crippen molar-refractivity contribution in [1.82, 2.24) is 9.36 Å². The summed E-state index contributed by atoms with van der Waals surface area (Å²) in [5, 5.41) is 3.90. The number of nitrogens with one attached hydrogen (secondary N) is 1. The van der Waals surface area contributed by atoms with Gasteiger partial charge in [0.15, 0.2) is 0 Å². The molecule has 1 unspecified atom stereocenters. The van der Waals surface area contributed by atoms with E-state index >= 15 is 0 Å². The molecule has 0 bridgehead atoms. The van der Waals surface area contributed by atoms with Crippen LogP contribution in [0.3, 0.4) is 0 Å². The van der Waals surface area contributed by atoms with Crippen molar-refractivity contribution in [3.8, 4) is 5.75 Å². The Kier molecular flexibility index (Phi) is 3.99. The average Bonchev–Trinajstić information content (AvgIpc) is 2.74. The minimum atomic E-state index is 0.138. The first kappa shape index (κ1) is 12.6. The third-order valence-electron chi connectivity index (χ3n) is 2.33. The fourth-order valence-electron chi connectivity index (χ4n) is 1.40. The van der Waals surface area contributed by atoms with Gasteiger partial charge in [0.1, 0.15) is 12.4 Å². The van der Waals surface area contributed by atoms with E-state index in [1.165, 1.54) is 17.1 Å². The second kappa shape index (κ2) is 5.68. The predicted molar refractivity (Wildman–Crippen MR) is 74.1 cm³/mol. The minimum absolute atomic E-state index is 0.138.